The summed E-state index contributed by atoms with van der Waals surface area (Å²) in [6, 6.07) is 2.35. The highest BCUT2D eigenvalue weighted by molar-refractivity contribution is 7.88. The molecule has 0 saturated heterocycles. The van der Waals surface area contributed by atoms with E-state index in [0.29, 0.717) is 18.4 Å². The van der Waals surface area contributed by atoms with Gasteiger partial charge in [0.1, 0.15) is 0 Å². The van der Waals surface area contributed by atoms with Crippen LogP contribution < -0.4 is 20.9 Å². The second-order valence-electron chi connectivity index (χ2n) is 5.58. The van der Waals surface area contributed by atoms with E-state index in [4.69, 9.17) is 0 Å². The van der Waals surface area contributed by atoms with Crippen molar-refractivity contribution < 1.29 is 13.2 Å². The standard InChI is InChI=1S/C13H20N4O4S/c1-8(9-3-4-14-12(18)5-9)15-13(19)16-10-6-11(7-10)17-22(2,20)21/h3-5,8,10-11,17H,6-7H2,1-2H3,(H,14,18)(H2,15,16,19). The highest BCUT2D eigenvalue weighted by Crippen LogP contribution is 2.20. The molecule has 1 unspecified atom stereocenters. The van der Waals surface area contributed by atoms with E-state index in [1.165, 1.54) is 12.3 Å². The number of aromatic nitrogens is 1. The highest BCUT2D eigenvalue weighted by atomic mass is 32.2. The molecule has 0 aliphatic heterocycles. The van der Waals surface area contributed by atoms with Gasteiger partial charge < -0.3 is 15.6 Å². The van der Waals surface area contributed by atoms with Crippen molar-refractivity contribution in [2.45, 2.75) is 37.9 Å². The Morgan fingerprint density at radius 2 is 2.05 bits per heavy atom. The quantitative estimate of drug-likeness (QED) is 0.599. The summed E-state index contributed by atoms with van der Waals surface area (Å²) in [5, 5.41) is 5.52. The molecule has 0 radical (unpaired) electrons. The van der Waals surface area contributed by atoms with Gasteiger partial charge in [-0.2, -0.15) is 0 Å². The van der Waals surface area contributed by atoms with Gasteiger partial charge in [0, 0.05) is 24.3 Å². The van der Waals surface area contributed by atoms with Gasteiger partial charge in [-0.1, -0.05) is 0 Å². The molecule has 1 aliphatic carbocycles. The van der Waals surface area contributed by atoms with Crippen molar-refractivity contribution >= 4 is 16.1 Å². The zero-order valence-electron chi connectivity index (χ0n) is 12.4. The lowest BCUT2D eigenvalue weighted by atomic mass is 9.88. The van der Waals surface area contributed by atoms with E-state index in [1.54, 1.807) is 13.0 Å². The number of aromatic amines is 1. The first-order valence-electron chi connectivity index (χ1n) is 6.96. The molecule has 0 bridgehead atoms. The van der Waals surface area contributed by atoms with Crippen molar-refractivity contribution in [2.24, 2.45) is 0 Å². The van der Waals surface area contributed by atoms with Crippen LogP contribution in [-0.2, 0) is 10.0 Å². The number of urea groups is 1. The molecule has 4 N–H and O–H groups in total. The predicted octanol–water partition coefficient (Wildman–Crippen LogP) is -0.185. The van der Waals surface area contributed by atoms with Crippen molar-refractivity contribution in [3.8, 4) is 0 Å². The van der Waals surface area contributed by atoms with Crippen LogP contribution in [0.15, 0.2) is 23.1 Å². The second-order valence-corrected chi connectivity index (χ2v) is 7.36. The van der Waals surface area contributed by atoms with Crippen molar-refractivity contribution in [3.63, 3.8) is 0 Å². The fourth-order valence-electron chi connectivity index (χ4n) is 2.37. The molecule has 0 spiro atoms. The van der Waals surface area contributed by atoms with Gasteiger partial charge in [0.05, 0.1) is 12.3 Å². The van der Waals surface area contributed by atoms with Gasteiger partial charge in [-0.3, -0.25) is 4.79 Å². The normalized spacial score (nSPS) is 22.5. The predicted molar refractivity (Wildman–Crippen MR) is 81.9 cm³/mol. The molecule has 2 rings (SSSR count). The number of amides is 2. The number of nitrogens with one attached hydrogen (secondary N) is 4. The van der Waals surface area contributed by atoms with E-state index < -0.39 is 10.0 Å². The molecule has 2 amide bonds. The smallest absolute Gasteiger partial charge is 0.315 e. The van der Waals surface area contributed by atoms with Crippen LogP contribution in [0, 0.1) is 0 Å². The Morgan fingerprint density at radius 1 is 1.36 bits per heavy atom. The summed E-state index contributed by atoms with van der Waals surface area (Å²) in [5.41, 5.74) is 0.490. The lowest BCUT2D eigenvalue weighted by Gasteiger charge is -2.35. The summed E-state index contributed by atoms with van der Waals surface area (Å²) >= 11 is 0. The fourth-order valence-corrected chi connectivity index (χ4v) is 3.17. The first-order chi connectivity index (χ1) is 10.2. The van der Waals surface area contributed by atoms with E-state index in [-0.39, 0.29) is 29.7 Å². The molecule has 9 heteroatoms. The number of pyridine rings is 1. The minimum atomic E-state index is -3.21. The van der Waals surface area contributed by atoms with Gasteiger partial charge in [-0.05, 0) is 31.4 Å². The molecule has 1 aromatic heterocycles. The van der Waals surface area contributed by atoms with E-state index >= 15 is 0 Å². The van der Waals surface area contributed by atoms with Gasteiger partial charge in [-0.25, -0.2) is 17.9 Å². The Bertz CT molecular complexity index is 694. The zero-order valence-corrected chi connectivity index (χ0v) is 13.2. The minimum Gasteiger partial charge on any atom is -0.335 e. The topological polar surface area (TPSA) is 120 Å². The number of carbonyl (C=O) groups excluding carboxylic acids is 1. The van der Waals surface area contributed by atoms with E-state index in [9.17, 15) is 18.0 Å². The van der Waals surface area contributed by atoms with Gasteiger partial charge in [-0.15, -0.1) is 0 Å². The van der Waals surface area contributed by atoms with Crippen LogP contribution in [0.4, 0.5) is 4.79 Å². The van der Waals surface area contributed by atoms with Crippen molar-refractivity contribution in [3.05, 3.63) is 34.2 Å². The lowest BCUT2D eigenvalue weighted by molar-refractivity contribution is 0.217. The monoisotopic (exact) mass is 328 g/mol. The van der Waals surface area contributed by atoms with Crippen LogP contribution in [0.25, 0.3) is 0 Å². The highest BCUT2D eigenvalue weighted by Gasteiger charge is 2.32. The SMILES string of the molecule is CC(NC(=O)NC1CC(NS(C)(=O)=O)C1)c1cc[nH]c(=O)c1. The third-order valence-electron chi connectivity index (χ3n) is 3.50. The first kappa shape index (κ1) is 16.5. The Balaban J connectivity index is 1.76. The number of hydrogen-bond donors (Lipinski definition) is 4. The third kappa shape index (κ3) is 4.85. The van der Waals surface area contributed by atoms with Crippen LogP contribution >= 0.6 is 0 Å². The van der Waals surface area contributed by atoms with Crippen molar-refractivity contribution in [1.82, 2.24) is 20.3 Å². The molecule has 0 aromatic carbocycles. The Labute approximate surface area is 128 Å². The third-order valence-corrected chi connectivity index (χ3v) is 4.26. The summed E-state index contributed by atoms with van der Waals surface area (Å²) < 4.78 is 24.6. The van der Waals surface area contributed by atoms with Gasteiger partial charge >= 0.3 is 6.03 Å². The second kappa shape index (κ2) is 6.49. The van der Waals surface area contributed by atoms with E-state index in [0.717, 1.165) is 6.26 Å². The lowest BCUT2D eigenvalue weighted by Crippen LogP contribution is -2.55. The van der Waals surface area contributed by atoms with E-state index in [1.807, 2.05) is 0 Å². The number of sulfonamides is 1. The molecule has 122 valence electrons. The minimum absolute atomic E-state index is 0.0503. The number of carbonyl (C=O) groups is 1. The first-order valence-corrected chi connectivity index (χ1v) is 8.85. The average molecular weight is 328 g/mol. The van der Waals surface area contributed by atoms with Crippen LogP contribution in [0.2, 0.25) is 0 Å². The molecule has 22 heavy (non-hydrogen) atoms. The van der Waals surface area contributed by atoms with Crippen molar-refractivity contribution in [1.29, 1.82) is 0 Å². The molecule has 1 aromatic rings. The molecular weight excluding hydrogens is 308 g/mol. The molecule has 1 heterocycles. The summed E-state index contributed by atoms with van der Waals surface area (Å²) in [5.74, 6) is 0. The van der Waals surface area contributed by atoms with Gasteiger partial charge in [0.25, 0.3) is 0 Å². The Kier molecular flexibility index (Phi) is 4.87. The molecule has 8 nitrogen and oxygen atoms in total. The summed E-state index contributed by atoms with van der Waals surface area (Å²) in [6.45, 7) is 1.78. The maximum absolute atomic E-state index is 11.9. The maximum Gasteiger partial charge on any atom is 0.315 e. The molecule has 1 aliphatic rings. The Morgan fingerprint density at radius 3 is 2.64 bits per heavy atom. The zero-order chi connectivity index (χ0) is 16.3. The Hall–Kier alpha value is -1.87. The molecule has 1 fully saturated rings. The number of H-pyrrole nitrogens is 1. The van der Waals surface area contributed by atoms with Crippen molar-refractivity contribution in [2.75, 3.05) is 6.26 Å². The average Bonchev–Trinajstić information content (AvgIpc) is 2.34. The fraction of sp³-hybridized carbons (Fsp3) is 0.538. The van der Waals surface area contributed by atoms with Gasteiger partial charge in [0.2, 0.25) is 15.6 Å². The van der Waals surface area contributed by atoms with Crippen LogP contribution in [0.5, 0.6) is 0 Å². The van der Waals surface area contributed by atoms with Crippen LogP contribution in [0.1, 0.15) is 31.4 Å². The van der Waals surface area contributed by atoms with Crippen LogP contribution in [-0.4, -0.2) is 37.8 Å². The van der Waals surface area contributed by atoms with Crippen LogP contribution in [0.3, 0.4) is 0 Å². The maximum atomic E-state index is 11.9. The summed E-state index contributed by atoms with van der Waals surface area (Å²) in [7, 11) is -3.21. The summed E-state index contributed by atoms with van der Waals surface area (Å²) in [6.07, 6.45) is 3.78. The van der Waals surface area contributed by atoms with Gasteiger partial charge in [0.15, 0.2) is 0 Å². The molecular formula is C13H20N4O4S. The summed E-state index contributed by atoms with van der Waals surface area (Å²) in [4.78, 5) is 25.6. The largest absolute Gasteiger partial charge is 0.335 e. The number of rotatable bonds is 5. The van der Waals surface area contributed by atoms with E-state index in [2.05, 4.69) is 20.3 Å². The number of hydrogen-bond acceptors (Lipinski definition) is 4. The molecule has 1 atom stereocenters. The molecule has 1 saturated carbocycles.